The molecular formula is C22H28N2O2. The Morgan fingerprint density at radius 1 is 1.19 bits per heavy atom. The molecule has 0 unspecified atom stereocenters. The van der Waals surface area contributed by atoms with Gasteiger partial charge in [0.2, 0.25) is 5.91 Å². The number of amides is 1. The summed E-state index contributed by atoms with van der Waals surface area (Å²) in [6.07, 6.45) is 3.85. The highest BCUT2D eigenvalue weighted by Crippen LogP contribution is 2.23. The molecule has 0 saturated carbocycles. The molecule has 0 radical (unpaired) electrons. The van der Waals surface area contributed by atoms with E-state index >= 15 is 0 Å². The zero-order chi connectivity index (χ0) is 18.4. The predicted molar refractivity (Wildman–Crippen MR) is 107 cm³/mol. The summed E-state index contributed by atoms with van der Waals surface area (Å²) in [5.41, 5.74) is 4.50. The molecule has 1 amide bonds. The molecule has 1 aliphatic heterocycles. The van der Waals surface area contributed by atoms with Crippen LogP contribution in [-0.4, -0.2) is 32.2 Å². The van der Waals surface area contributed by atoms with Gasteiger partial charge in [0.25, 0.3) is 0 Å². The van der Waals surface area contributed by atoms with Crippen molar-refractivity contribution in [2.75, 3.05) is 30.4 Å². The minimum atomic E-state index is 0.0541. The SMILES string of the molecule is CO[C@@H]1CCCN(c2ccc(NC(=O)CCc3ccccc3C)cc2)C1. The van der Waals surface area contributed by atoms with Gasteiger partial charge in [-0.2, -0.15) is 0 Å². The van der Waals surface area contributed by atoms with E-state index in [1.165, 1.54) is 16.8 Å². The van der Waals surface area contributed by atoms with Gasteiger partial charge in [-0.15, -0.1) is 0 Å². The van der Waals surface area contributed by atoms with Gasteiger partial charge in [0, 0.05) is 38.0 Å². The van der Waals surface area contributed by atoms with E-state index in [0.29, 0.717) is 12.5 Å². The first-order valence-electron chi connectivity index (χ1n) is 9.38. The van der Waals surface area contributed by atoms with E-state index in [2.05, 4.69) is 41.4 Å². The number of nitrogens with one attached hydrogen (secondary N) is 1. The molecule has 3 rings (SSSR count). The van der Waals surface area contributed by atoms with E-state index < -0.39 is 0 Å². The molecule has 1 aliphatic rings. The Morgan fingerprint density at radius 3 is 2.69 bits per heavy atom. The maximum Gasteiger partial charge on any atom is 0.224 e. The minimum Gasteiger partial charge on any atom is -0.380 e. The average molecular weight is 352 g/mol. The minimum absolute atomic E-state index is 0.0541. The number of aryl methyl sites for hydroxylation is 2. The molecule has 4 heteroatoms. The fraction of sp³-hybridized carbons (Fsp3) is 0.409. The largest absolute Gasteiger partial charge is 0.380 e. The van der Waals surface area contributed by atoms with Crippen molar-refractivity contribution in [3.63, 3.8) is 0 Å². The summed E-state index contributed by atoms with van der Waals surface area (Å²) >= 11 is 0. The molecule has 1 saturated heterocycles. The zero-order valence-corrected chi connectivity index (χ0v) is 15.7. The van der Waals surface area contributed by atoms with Crippen LogP contribution in [0, 0.1) is 6.92 Å². The van der Waals surface area contributed by atoms with Gasteiger partial charge in [-0.05, 0) is 61.6 Å². The number of anilines is 2. The van der Waals surface area contributed by atoms with Crippen LogP contribution >= 0.6 is 0 Å². The Bertz CT molecular complexity index is 727. The first-order valence-corrected chi connectivity index (χ1v) is 9.38. The summed E-state index contributed by atoms with van der Waals surface area (Å²) in [6.45, 7) is 4.07. The molecule has 2 aromatic rings. The fourth-order valence-corrected chi connectivity index (χ4v) is 3.48. The number of nitrogens with zero attached hydrogens (tertiary/aromatic N) is 1. The lowest BCUT2D eigenvalue weighted by atomic mass is 10.0. The second kappa shape index (κ2) is 8.86. The zero-order valence-electron chi connectivity index (χ0n) is 15.7. The van der Waals surface area contributed by atoms with Gasteiger partial charge in [0.05, 0.1) is 6.10 Å². The number of rotatable bonds is 6. The lowest BCUT2D eigenvalue weighted by Gasteiger charge is -2.33. The molecule has 0 spiro atoms. The smallest absolute Gasteiger partial charge is 0.224 e. The lowest BCUT2D eigenvalue weighted by molar-refractivity contribution is -0.116. The summed E-state index contributed by atoms with van der Waals surface area (Å²) in [5.74, 6) is 0.0541. The standard InChI is InChI=1S/C22H28N2O2/c1-17-6-3-4-7-18(17)9-14-22(25)23-19-10-12-20(13-11-19)24-15-5-8-21(16-24)26-2/h3-4,6-7,10-13,21H,5,8-9,14-16H2,1-2H3,(H,23,25)/t21-/m1/s1. The molecule has 1 N–H and O–H groups in total. The number of carbonyl (C=O) groups excluding carboxylic acids is 1. The Hall–Kier alpha value is -2.33. The van der Waals surface area contributed by atoms with Crippen molar-refractivity contribution in [3.05, 3.63) is 59.7 Å². The molecule has 4 nitrogen and oxygen atoms in total. The van der Waals surface area contributed by atoms with Gasteiger partial charge < -0.3 is 15.0 Å². The van der Waals surface area contributed by atoms with Crippen molar-refractivity contribution < 1.29 is 9.53 Å². The number of hydrogen-bond donors (Lipinski definition) is 1. The maximum absolute atomic E-state index is 12.2. The third-order valence-electron chi connectivity index (χ3n) is 5.11. The Morgan fingerprint density at radius 2 is 1.96 bits per heavy atom. The Balaban J connectivity index is 1.52. The fourth-order valence-electron chi connectivity index (χ4n) is 3.48. The highest BCUT2D eigenvalue weighted by Gasteiger charge is 2.19. The van der Waals surface area contributed by atoms with Gasteiger partial charge in [0.1, 0.15) is 0 Å². The summed E-state index contributed by atoms with van der Waals surface area (Å²) < 4.78 is 5.49. The van der Waals surface area contributed by atoms with E-state index in [9.17, 15) is 4.79 Å². The van der Waals surface area contributed by atoms with Crippen LogP contribution in [0.25, 0.3) is 0 Å². The lowest BCUT2D eigenvalue weighted by Crippen LogP contribution is -2.39. The second-order valence-corrected chi connectivity index (χ2v) is 6.97. The number of benzene rings is 2. The van der Waals surface area contributed by atoms with Crippen LogP contribution in [0.3, 0.4) is 0 Å². The monoisotopic (exact) mass is 352 g/mol. The summed E-state index contributed by atoms with van der Waals surface area (Å²) in [6, 6.07) is 16.3. The van der Waals surface area contributed by atoms with Crippen LogP contribution in [0.2, 0.25) is 0 Å². The molecule has 0 aromatic heterocycles. The number of ether oxygens (including phenoxy) is 1. The van der Waals surface area contributed by atoms with Gasteiger partial charge in [-0.1, -0.05) is 24.3 Å². The van der Waals surface area contributed by atoms with Crippen molar-refractivity contribution in [2.45, 2.75) is 38.7 Å². The van der Waals surface area contributed by atoms with Gasteiger partial charge in [-0.3, -0.25) is 4.79 Å². The third kappa shape index (κ3) is 4.85. The predicted octanol–water partition coefficient (Wildman–Crippen LogP) is 4.18. The van der Waals surface area contributed by atoms with E-state index in [4.69, 9.17) is 4.74 Å². The molecule has 1 atom stereocenters. The topological polar surface area (TPSA) is 41.6 Å². The molecule has 138 valence electrons. The van der Waals surface area contributed by atoms with E-state index in [1.54, 1.807) is 7.11 Å². The maximum atomic E-state index is 12.2. The number of carbonyl (C=O) groups is 1. The van der Waals surface area contributed by atoms with Crippen LogP contribution in [0.1, 0.15) is 30.4 Å². The van der Waals surface area contributed by atoms with Crippen molar-refractivity contribution in [3.8, 4) is 0 Å². The molecule has 1 fully saturated rings. The molecule has 2 aromatic carbocycles. The van der Waals surface area contributed by atoms with Crippen LogP contribution in [-0.2, 0) is 16.0 Å². The van der Waals surface area contributed by atoms with Crippen molar-refractivity contribution in [2.24, 2.45) is 0 Å². The van der Waals surface area contributed by atoms with Crippen LogP contribution in [0.5, 0.6) is 0 Å². The quantitative estimate of drug-likeness (QED) is 0.848. The number of methoxy groups -OCH3 is 1. The Labute approximate surface area is 156 Å². The van der Waals surface area contributed by atoms with Gasteiger partial charge in [-0.25, -0.2) is 0 Å². The second-order valence-electron chi connectivity index (χ2n) is 6.97. The van der Waals surface area contributed by atoms with Gasteiger partial charge >= 0.3 is 0 Å². The molecule has 0 bridgehead atoms. The van der Waals surface area contributed by atoms with E-state index in [-0.39, 0.29) is 5.91 Å². The Kier molecular flexibility index (Phi) is 6.29. The molecule has 1 heterocycles. The van der Waals surface area contributed by atoms with Crippen molar-refractivity contribution in [1.29, 1.82) is 0 Å². The highest BCUT2D eigenvalue weighted by atomic mass is 16.5. The van der Waals surface area contributed by atoms with E-state index in [1.807, 2.05) is 24.3 Å². The summed E-state index contributed by atoms with van der Waals surface area (Å²) in [7, 11) is 1.78. The number of piperidine rings is 1. The van der Waals surface area contributed by atoms with E-state index in [0.717, 1.165) is 38.0 Å². The van der Waals surface area contributed by atoms with Crippen molar-refractivity contribution in [1.82, 2.24) is 0 Å². The molecule has 26 heavy (non-hydrogen) atoms. The third-order valence-corrected chi connectivity index (χ3v) is 5.11. The van der Waals surface area contributed by atoms with Gasteiger partial charge in [0.15, 0.2) is 0 Å². The first kappa shape index (κ1) is 18.5. The molecular weight excluding hydrogens is 324 g/mol. The summed E-state index contributed by atoms with van der Waals surface area (Å²) in [5, 5.41) is 3.00. The van der Waals surface area contributed by atoms with Crippen LogP contribution in [0.4, 0.5) is 11.4 Å². The first-order chi connectivity index (χ1) is 12.7. The average Bonchev–Trinajstić information content (AvgIpc) is 2.68. The molecule has 0 aliphatic carbocycles. The van der Waals surface area contributed by atoms with Crippen LogP contribution in [0.15, 0.2) is 48.5 Å². The van der Waals surface area contributed by atoms with Crippen molar-refractivity contribution >= 4 is 17.3 Å². The van der Waals surface area contributed by atoms with Crippen LogP contribution < -0.4 is 10.2 Å². The number of hydrogen-bond acceptors (Lipinski definition) is 3. The highest BCUT2D eigenvalue weighted by molar-refractivity contribution is 5.91. The summed E-state index contributed by atoms with van der Waals surface area (Å²) in [4.78, 5) is 14.6. The normalized spacial score (nSPS) is 17.2.